The maximum Gasteiger partial charge on any atom is 0.227 e. The molecule has 0 unspecified atom stereocenters. The van der Waals surface area contributed by atoms with Gasteiger partial charge in [-0.1, -0.05) is 0 Å². The van der Waals surface area contributed by atoms with Crippen LogP contribution in [0.4, 0.5) is 11.6 Å². The number of nitrogens with one attached hydrogen (secondary N) is 2. The van der Waals surface area contributed by atoms with Crippen molar-refractivity contribution in [3.05, 3.63) is 41.5 Å². The van der Waals surface area contributed by atoms with E-state index in [4.69, 9.17) is 0 Å². The lowest BCUT2D eigenvalue weighted by Crippen LogP contribution is -2.25. The molecule has 3 heterocycles. The van der Waals surface area contributed by atoms with Crippen molar-refractivity contribution in [3.8, 4) is 0 Å². The monoisotopic (exact) mass is 345 g/mol. The number of rotatable bonds is 5. The third-order valence-electron chi connectivity index (χ3n) is 4.28. The van der Waals surface area contributed by atoms with E-state index in [0.29, 0.717) is 11.6 Å². The number of sulfone groups is 1. The van der Waals surface area contributed by atoms with Gasteiger partial charge in [0.1, 0.15) is 0 Å². The van der Waals surface area contributed by atoms with E-state index in [1.165, 1.54) is 5.56 Å². The Balaban J connectivity index is 1.45. The minimum absolute atomic E-state index is 0.0129. The Kier molecular flexibility index (Phi) is 3.93. The Morgan fingerprint density at radius 1 is 1.21 bits per heavy atom. The highest BCUT2D eigenvalue weighted by molar-refractivity contribution is 7.91. The van der Waals surface area contributed by atoms with E-state index < -0.39 is 9.84 Å². The zero-order valence-electron chi connectivity index (χ0n) is 13.2. The van der Waals surface area contributed by atoms with Crippen LogP contribution in [0.1, 0.15) is 29.8 Å². The van der Waals surface area contributed by atoms with Crippen molar-refractivity contribution in [1.82, 2.24) is 20.3 Å². The van der Waals surface area contributed by atoms with Gasteiger partial charge in [0.05, 0.1) is 34.3 Å². The minimum Gasteiger partial charge on any atom is -0.323 e. The predicted molar refractivity (Wildman–Crippen MR) is 90.6 cm³/mol. The molecule has 2 aromatic rings. The molecule has 7 nitrogen and oxygen atoms in total. The van der Waals surface area contributed by atoms with Crippen LogP contribution in [0.5, 0.6) is 0 Å². The van der Waals surface area contributed by atoms with Gasteiger partial charge in [-0.25, -0.2) is 18.4 Å². The standard InChI is InChI=1S/C16H19N5O2S/c22-24(23,14-3-4-14)10-13-2-1-12(8-18-13)20-16-19-7-11-5-6-17-9-15(11)21-16/h1-2,7-8,14,17H,3-6,9-10H2,(H,19,20,21). The third kappa shape index (κ3) is 3.39. The van der Waals surface area contributed by atoms with Crippen LogP contribution in [-0.2, 0) is 28.6 Å². The van der Waals surface area contributed by atoms with Crippen molar-refractivity contribution in [3.63, 3.8) is 0 Å². The van der Waals surface area contributed by atoms with E-state index in [1.807, 2.05) is 12.3 Å². The van der Waals surface area contributed by atoms with Gasteiger partial charge >= 0.3 is 0 Å². The molecule has 24 heavy (non-hydrogen) atoms. The number of hydrogen-bond acceptors (Lipinski definition) is 7. The predicted octanol–water partition coefficient (Wildman–Crippen LogP) is 1.34. The lowest BCUT2D eigenvalue weighted by Gasteiger charge is -2.16. The van der Waals surface area contributed by atoms with Crippen LogP contribution < -0.4 is 10.6 Å². The van der Waals surface area contributed by atoms with E-state index in [9.17, 15) is 8.42 Å². The minimum atomic E-state index is -3.04. The summed E-state index contributed by atoms with van der Waals surface area (Å²) < 4.78 is 24.0. The summed E-state index contributed by atoms with van der Waals surface area (Å²) in [5.41, 5.74) is 3.51. The molecule has 0 bridgehead atoms. The molecular weight excluding hydrogens is 326 g/mol. The van der Waals surface area contributed by atoms with Gasteiger partial charge in [-0.15, -0.1) is 0 Å². The van der Waals surface area contributed by atoms with Crippen LogP contribution in [0.25, 0.3) is 0 Å². The molecule has 0 aromatic carbocycles. The van der Waals surface area contributed by atoms with Crippen molar-refractivity contribution < 1.29 is 8.42 Å². The number of nitrogens with zero attached hydrogens (tertiary/aromatic N) is 3. The molecule has 0 spiro atoms. The van der Waals surface area contributed by atoms with Crippen molar-refractivity contribution in [2.24, 2.45) is 0 Å². The summed E-state index contributed by atoms with van der Waals surface area (Å²) in [6, 6.07) is 3.55. The first kappa shape index (κ1) is 15.5. The van der Waals surface area contributed by atoms with E-state index in [1.54, 1.807) is 12.3 Å². The van der Waals surface area contributed by atoms with E-state index in [-0.39, 0.29) is 11.0 Å². The fourth-order valence-corrected chi connectivity index (χ4v) is 4.43. The van der Waals surface area contributed by atoms with Crippen molar-refractivity contribution >= 4 is 21.5 Å². The maximum atomic E-state index is 12.0. The van der Waals surface area contributed by atoms with Gasteiger partial charge in [-0.05, 0) is 43.5 Å². The number of hydrogen-bond donors (Lipinski definition) is 2. The van der Waals surface area contributed by atoms with Crippen molar-refractivity contribution in [2.45, 2.75) is 36.8 Å². The van der Waals surface area contributed by atoms with Crippen molar-refractivity contribution in [2.75, 3.05) is 11.9 Å². The van der Waals surface area contributed by atoms with Crippen molar-refractivity contribution in [1.29, 1.82) is 0 Å². The summed E-state index contributed by atoms with van der Waals surface area (Å²) in [4.78, 5) is 13.1. The van der Waals surface area contributed by atoms with E-state index >= 15 is 0 Å². The smallest absolute Gasteiger partial charge is 0.227 e. The molecule has 1 aliphatic carbocycles. The lowest BCUT2D eigenvalue weighted by molar-refractivity contribution is 0.593. The summed E-state index contributed by atoms with van der Waals surface area (Å²) in [5.74, 6) is 0.538. The van der Waals surface area contributed by atoms with Gasteiger partial charge in [0.2, 0.25) is 5.95 Å². The molecule has 4 rings (SSSR count). The first-order chi connectivity index (χ1) is 11.6. The molecule has 1 fully saturated rings. The molecule has 126 valence electrons. The summed E-state index contributed by atoms with van der Waals surface area (Å²) >= 11 is 0. The fraction of sp³-hybridized carbons (Fsp3) is 0.438. The molecule has 2 aliphatic rings. The average molecular weight is 345 g/mol. The van der Waals surface area contributed by atoms with E-state index in [2.05, 4.69) is 25.6 Å². The third-order valence-corrected chi connectivity index (χ3v) is 6.47. The summed E-state index contributed by atoms with van der Waals surface area (Å²) in [6.45, 7) is 1.71. The molecule has 0 atom stereocenters. The lowest BCUT2D eigenvalue weighted by atomic mass is 10.1. The zero-order chi connectivity index (χ0) is 16.6. The second-order valence-corrected chi connectivity index (χ2v) is 8.54. The average Bonchev–Trinajstić information content (AvgIpc) is 3.42. The van der Waals surface area contributed by atoms with Gasteiger partial charge < -0.3 is 10.6 Å². The van der Waals surface area contributed by atoms with Gasteiger partial charge in [0.25, 0.3) is 0 Å². The van der Waals surface area contributed by atoms with Crippen LogP contribution in [-0.4, -0.2) is 35.2 Å². The molecule has 0 saturated heterocycles. The number of anilines is 2. The molecule has 2 aromatic heterocycles. The number of pyridine rings is 1. The molecule has 0 radical (unpaired) electrons. The Hall–Kier alpha value is -2.06. The molecule has 1 saturated carbocycles. The highest BCUT2D eigenvalue weighted by Crippen LogP contribution is 2.30. The second kappa shape index (κ2) is 6.10. The van der Waals surface area contributed by atoms with Gasteiger partial charge in [-0.2, -0.15) is 0 Å². The van der Waals surface area contributed by atoms with Crippen LogP contribution >= 0.6 is 0 Å². The highest BCUT2D eigenvalue weighted by atomic mass is 32.2. The SMILES string of the molecule is O=S(=O)(Cc1ccc(Nc2ncc3c(n2)CNCC3)cn1)C1CC1. The first-order valence-electron chi connectivity index (χ1n) is 8.09. The van der Waals surface area contributed by atoms with Crippen LogP contribution in [0.2, 0.25) is 0 Å². The van der Waals surface area contributed by atoms with Gasteiger partial charge in [0.15, 0.2) is 9.84 Å². The molecular formula is C16H19N5O2S. The Morgan fingerprint density at radius 3 is 2.83 bits per heavy atom. The van der Waals surface area contributed by atoms with Crippen LogP contribution in [0.3, 0.4) is 0 Å². The molecule has 8 heteroatoms. The molecule has 1 aliphatic heterocycles. The number of aromatic nitrogens is 3. The summed E-state index contributed by atoms with van der Waals surface area (Å²) in [5, 5.41) is 6.25. The van der Waals surface area contributed by atoms with Gasteiger partial charge in [-0.3, -0.25) is 4.98 Å². The highest BCUT2D eigenvalue weighted by Gasteiger charge is 2.35. The molecule has 2 N–H and O–H groups in total. The molecule has 0 amide bonds. The summed E-state index contributed by atoms with van der Waals surface area (Å²) in [7, 11) is -3.04. The quantitative estimate of drug-likeness (QED) is 0.844. The maximum absolute atomic E-state index is 12.0. The summed E-state index contributed by atoms with van der Waals surface area (Å²) in [6.07, 6.45) is 5.99. The second-order valence-electron chi connectivity index (χ2n) is 6.26. The normalized spacial score (nSPS) is 17.3. The van der Waals surface area contributed by atoms with Crippen LogP contribution in [0, 0.1) is 0 Å². The topological polar surface area (TPSA) is 96.9 Å². The Bertz CT molecular complexity index is 847. The Morgan fingerprint density at radius 2 is 2.08 bits per heavy atom. The first-order valence-corrected chi connectivity index (χ1v) is 9.81. The largest absolute Gasteiger partial charge is 0.323 e. The van der Waals surface area contributed by atoms with E-state index in [0.717, 1.165) is 43.7 Å². The fourth-order valence-electron chi connectivity index (χ4n) is 2.76. The van der Waals surface area contributed by atoms with Crippen LogP contribution in [0.15, 0.2) is 24.5 Å². The Labute approximate surface area is 140 Å². The number of fused-ring (bicyclic) bond motifs is 1. The van der Waals surface area contributed by atoms with Gasteiger partial charge in [0, 0.05) is 12.7 Å². The zero-order valence-corrected chi connectivity index (χ0v) is 14.0.